The largest absolute Gasteiger partial charge is 0.481 e. The first-order valence-corrected chi connectivity index (χ1v) is 8.66. The Kier molecular flexibility index (Phi) is 3.75. The molecule has 0 spiro atoms. The summed E-state index contributed by atoms with van der Waals surface area (Å²) in [7, 11) is 0. The van der Waals surface area contributed by atoms with E-state index in [1.54, 1.807) is 0 Å². The second kappa shape index (κ2) is 5.62. The van der Waals surface area contributed by atoms with Crippen molar-refractivity contribution in [3.63, 3.8) is 0 Å². The van der Waals surface area contributed by atoms with Gasteiger partial charge in [0.1, 0.15) is 0 Å². The maximum absolute atomic E-state index is 12.7. The van der Waals surface area contributed by atoms with Gasteiger partial charge in [-0.3, -0.25) is 14.5 Å². The predicted octanol–water partition coefficient (Wildman–Crippen LogP) is -0.522. The number of Topliss-reactive ketones (excluding diaryl/α,β-unsaturated/α-hetero) is 1. The van der Waals surface area contributed by atoms with Crippen molar-refractivity contribution in [1.29, 1.82) is 0 Å². The third-order valence-corrected chi connectivity index (χ3v) is 6.74. The van der Waals surface area contributed by atoms with Gasteiger partial charge in [-0.25, -0.2) is 4.79 Å². The minimum Gasteiger partial charge on any atom is -0.481 e. The number of nitrogens with zero attached hydrogens (tertiary/aromatic N) is 1. The summed E-state index contributed by atoms with van der Waals surface area (Å²) >= 11 is 0. The maximum Gasteiger partial charge on any atom is 0.372 e. The van der Waals surface area contributed by atoms with E-state index in [2.05, 4.69) is 4.90 Å². The lowest BCUT2D eigenvalue weighted by molar-refractivity contribution is -0.161. The van der Waals surface area contributed by atoms with Crippen LogP contribution in [0.5, 0.6) is 0 Å². The molecule has 4 rings (SSSR count). The topological polar surface area (TPSA) is 130 Å². The van der Waals surface area contributed by atoms with Gasteiger partial charge in [-0.2, -0.15) is 0 Å². The van der Waals surface area contributed by atoms with Crippen LogP contribution in [-0.2, 0) is 19.1 Å². The fourth-order valence-corrected chi connectivity index (χ4v) is 5.73. The summed E-state index contributed by atoms with van der Waals surface area (Å²) in [5, 5.41) is 18.6. The molecule has 0 amide bonds. The molecular formula is C17H22N2O6. The van der Waals surface area contributed by atoms with Crippen LogP contribution in [0, 0.1) is 17.3 Å². The third-order valence-electron chi connectivity index (χ3n) is 6.74. The second-order valence-corrected chi connectivity index (χ2v) is 7.60. The zero-order valence-corrected chi connectivity index (χ0v) is 13.8. The molecule has 0 radical (unpaired) electrons. The van der Waals surface area contributed by atoms with Gasteiger partial charge in [-0.05, 0) is 25.3 Å². The van der Waals surface area contributed by atoms with E-state index in [1.165, 1.54) is 5.57 Å². The van der Waals surface area contributed by atoms with Crippen LogP contribution in [-0.4, -0.2) is 70.7 Å². The van der Waals surface area contributed by atoms with Crippen molar-refractivity contribution in [3.05, 3.63) is 11.6 Å². The molecule has 8 heteroatoms. The molecule has 0 aromatic rings. The molecule has 3 fully saturated rings. The van der Waals surface area contributed by atoms with Gasteiger partial charge in [0.25, 0.3) is 0 Å². The zero-order valence-electron chi connectivity index (χ0n) is 13.8. The summed E-state index contributed by atoms with van der Waals surface area (Å²) in [6.45, 7) is 1.64. The van der Waals surface area contributed by atoms with E-state index >= 15 is 0 Å². The van der Waals surface area contributed by atoms with Gasteiger partial charge >= 0.3 is 11.9 Å². The van der Waals surface area contributed by atoms with Crippen LogP contribution in [0.15, 0.2) is 11.6 Å². The number of hydrogen-bond acceptors (Lipinski definition) is 6. The lowest BCUT2D eigenvalue weighted by Crippen LogP contribution is -2.68. The smallest absolute Gasteiger partial charge is 0.372 e. The number of carboxylic acids is 2. The molecule has 8 nitrogen and oxygen atoms in total. The number of ether oxygens (including phenoxy) is 1. The van der Waals surface area contributed by atoms with Crippen molar-refractivity contribution in [2.75, 3.05) is 19.7 Å². The number of rotatable bonds is 4. The van der Waals surface area contributed by atoms with Crippen LogP contribution in [0.4, 0.5) is 0 Å². The summed E-state index contributed by atoms with van der Waals surface area (Å²) in [5.41, 5.74) is 6.59. The molecule has 2 saturated heterocycles. The first-order valence-electron chi connectivity index (χ1n) is 8.66. The quantitative estimate of drug-likeness (QED) is 0.456. The molecule has 1 saturated carbocycles. The number of hydrogen-bond donors (Lipinski definition) is 3. The second-order valence-electron chi connectivity index (χ2n) is 7.60. The normalized spacial score (nSPS) is 42.4. The van der Waals surface area contributed by atoms with Crippen molar-refractivity contribution < 1.29 is 29.3 Å². The fourth-order valence-electron chi connectivity index (χ4n) is 5.73. The predicted molar refractivity (Wildman–Crippen MR) is 84.7 cm³/mol. The van der Waals surface area contributed by atoms with Gasteiger partial charge in [0.15, 0.2) is 0 Å². The van der Waals surface area contributed by atoms with Gasteiger partial charge in [0.05, 0.1) is 24.5 Å². The summed E-state index contributed by atoms with van der Waals surface area (Å²) in [5.74, 6) is -3.58. The first kappa shape index (κ1) is 16.7. The molecule has 4 N–H and O–H groups in total. The molecule has 2 bridgehead atoms. The number of carbonyl (C=O) groups excluding carboxylic acids is 1. The Labute approximate surface area is 144 Å². The Bertz CT molecular complexity index is 676. The molecule has 0 unspecified atom stereocenters. The molecule has 0 aromatic heterocycles. The Balaban J connectivity index is 1.81. The van der Waals surface area contributed by atoms with Crippen molar-refractivity contribution >= 4 is 17.7 Å². The number of aliphatic carboxylic acids is 2. The number of piperidine rings is 1. The number of carbonyl (C=O) groups is 3. The Morgan fingerprint density at radius 1 is 1.36 bits per heavy atom. The van der Waals surface area contributed by atoms with E-state index in [-0.39, 0.29) is 24.3 Å². The van der Waals surface area contributed by atoms with E-state index in [4.69, 9.17) is 10.5 Å². The highest BCUT2D eigenvalue weighted by Crippen LogP contribution is 2.57. The summed E-state index contributed by atoms with van der Waals surface area (Å²) < 4.78 is 5.78. The SMILES string of the molecule is N[C@@H]1[C@H]2[C@@H]3C[C@H]4N(CC[C@@]14C(=O)C(=O)O)CC3=CCO[C@@H]2CC(=O)O. The summed E-state index contributed by atoms with van der Waals surface area (Å²) in [6, 6.07) is -0.913. The minimum atomic E-state index is -1.46. The number of ketones is 1. The Hall–Kier alpha value is -1.77. The standard InChI is InChI=1S/C17H22N2O6/c18-14-13-9-5-11-17(14,15(22)16(23)24)2-3-19(11)7-8(9)1-4-25-10(13)6-12(20)21/h1,9-11,13-14H,2-7,18H2,(H,20,21)(H,23,24)/t9-,10-,11-,13+,14-,17+/m1/s1. The van der Waals surface area contributed by atoms with E-state index in [9.17, 15) is 24.6 Å². The molecule has 1 aliphatic carbocycles. The molecule has 25 heavy (non-hydrogen) atoms. The van der Waals surface area contributed by atoms with Crippen molar-refractivity contribution in [2.24, 2.45) is 23.0 Å². The molecule has 3 heterocycles. The molecular weight excluding hydrogens is 328 g/mol. The van der Waals surface area contributed by atoms with Crippen LogP contribution in [0.2, 0.25) is 0 Å². The van der Waals surface area contributed by atoms with Crippen molar-refractivity contribution in [2.45, 2.75) is 37.5 Å². The van der Waals surface area contributed by atoms with Crippen molar-refractivity contribution in [1.82, 2.24) is 4.90 Å². The minimum absolute atomic E-state index is 0.0518. The Morgan fingerprint density at radius 2 is 2.12 bits per heavy atom. The van der Waals surface area contributed by atoms with Crippen LogP contribution in [0.1, 0.15) is 19.3 Å². The summed E-state index contributed by atoms with van der Waals surface area (Å²) in [4.78, 5) is 37.7. The first-order chi connectivity index (χ1) is 11.9. The van der Waals surface area contributed by atoms with Gasteiger partial charge in [0, 0.05) is 24.5 Å². The maximum atomic E-state index is 12.7. The van der Waals surface area contributed by atoms with E-state index < -0.39 is 35.3 Å². The van der Waals surface area contributed by atoms with Crippen LogP contribution in [0.3, 0.4) is 0 Å². The summed E-state index contributed by atoms with van der Waals surface area (Å²) in [6.07, 6.45) is 2.25. The zero-order chi connectivity index (χ0) is 17.9. The van der Waals surface area contributed by atoms with Gasteiger partial charge < -0.3 is 20.7 Å². The van der Waals surface area contributed by atoms with Crippen molar-refractivity contribution in [3.8, 4) is 0 Å². The molecule has 0 aromatic carbocycles. The van der Waals surface area contributed by atoms with E-state index in [1.807, 2.05) is 6.08 Å². The fraction of sp³-hybridized carbons (Fsp3) is 0.706. The van der Waals surface area contributed by atoms with Crippen LogP contribution >= 0.6 is 0 Å². The number of nitrogens with two attached hydrogens (primary N) is 1. The molecule has 4 aliphatic rings. The highest BCUT2D eigenvalue weighted by Gasteiger charge is 2.66. The Morgan fingerprint density at radius 3 is 2.80 bits per heavy atom. The van der Waals surface area contributed by atoms with Gasteiger partial charge in [-0.15, -0.1) is 0 Å². The highest BCUT2D eigenvalue weighted by molar-refractivity contribution is 6.35. The monoisotopic (exact) mass is 350 g/mol. The van der Waals surface area contributed by atoms with Gasteiger partial charge in [0.2, 0.25) is 5.78 Å². The van der Waals surface area contributed by atoms with Crippen LogP contribution in [0.25, 0.3) is 0 Å². The molecule has 136 valence electrons. The van der Waals surface area contributed by atoms with Gasteiger partial charge in [-0.1, -0.05) is 11.6 Å². The van der Waals surface area contributed by atoms with E-state index in [0.717, 1.165) is 0 Å². The highest BCUT2D eigenvalue weighted by atomic mass is 16.5. The third kappa shape index (κ3) is 2.21. The van der Waals surface area contributed by atoms with E-state index in [0.29, 0.717) is 32.5 Å². The lowest BCUT2D eigenvalue weighted by atomic mass is 9.54. The lowest BCUT2D eigenvalue weighted by Gasteiger charge is -2.55. The van der Waals surface area contributed by atoms with Crippen LogP contribution < -0.4 is 5.73 Å². The molecule has 6 atom stereocenters. The molecule has 3 aliphatic heterocycles. The average Bonchev–Trinajstić information content (AvgIpc) is 2.85. The number of carboxylic acid groups (broad SMARTS) is 2. The average molecular weight is 350 g/mol.